The number of hydrogen-bond acceptors (Lipinski definition) is 3. The minimum absolute atomic E-state index is 0.0432. The van der Waals surface area contributed by atoms with Crippen molar-refractivity contribution in [3.8, 4) is 5.75 Å². The molecule has 0 aliphatic heterocycles. The van der Waals surface area contributed by atoms with E-state index in [2.05, 4.69) is 25.8 Å². The van der Waals surface area contributed by atoms with E-state index in [1.165, 1.54) is 0 Å². The van der Waals surface area contributed by atoms with Crippen molar-refractivity contribution < 1.29 is 10.2 Å². The van der Waals surface area contributed by atoms with E-state index in [1.807, 2.05) is 12.1 Å². The van der Waals surface area contributed by atoms with Crippen LogP contribution in [0, 0.1) is 16.7 Å². The van der Waals surface area contributed by atoms with Gasteiger partial charge >= 0.3 is 0 Å². The minimum atomic E-state index is -0.390. The van der Waals surface area contributed by atoms with Crippen LogP contribution < -0.4 is 0 Å². The fraction of sp³-hybridized carbons (Fsp3) is 0.588. The Morgan fingerprint density at radius 2 is 1.95 bits per heavy atom. The van der Waals surface area contributed by atoms with Gasteiger partial charge < -0.3 is 10.2 Å². The Kier molecular flexibility index (Phi) is 2.94. The molecule has 3 heteroatoms. The van der Waals surface area contributed by atoms with Crippen LogP contribution in [-0.2, 0) is 0 Å². The van der Waals surface area contributed by atoms with Gasteiger partial charge in [0.05, 0.1) is 12.1 Å². The average Bonchev–Trinajstić information content (AvgIpc) is 2.71. The van der Waals surface area contributed by atoms with Gasteiger partial charge in [0.15, 0.2) is 0 Å². The van der Waals surface area contributed by atoms with Gasteiger partial charge in [0.25, 0.3) is 0 Å². The van der Waals surface area contributed by atoms with E-state index in [9.17, 15) is 10.2 Å². The van der Waals surface area contributed by atoms with E-state index in [1.54, 1.807) is 18.3 Å². The Balaban J connectivity index is 1.88. The van der Waals surface area contributed by atoms with Crippen molar-refractivity contribution in [3.63, 3.8) is 0 Å². The van der Waals surface area contributed by atoms with E-state index in [-0.39, 0.29) is 22.6 Å². The third-order valence-corrected chi connectivity index (χ3v) is 6.08. The second kappa shape index (κ2) is 4.32. The van der Waals surface area contributed by atoms with Crippen molar-refractivity contribution in [2.24, 2.45) is 21.7 Å². The van der Waals surface area contributed by atoms with Crippen LogP contribution in [0.1, 0.15) is 39.2 Å². The summed E-state index contributed by atoms with van der Waals surface area (Å²) in [5.74, 6) is 0.656. The summed E-state index contributed by atoms with van der Waals surface area (Å²) in [7, 11) is 0. The first kappa shape index (κ1) is 13.6. The van der Waals surface area contributed by atoms with Crippen LogP contribution in [0.3, 0.4) is 0 Å². The van der Waals surface area contributed by atoms with Crippen molar-refractivity contribution in [2.45, 2.75) is 45.8 Å². The summed E-state index contributed by atoms with van der Waals surface area (Å²) >= 11 is 0. The lowest BCUT2D eigenvalue weighted by molar-refractivity contribution is 0.00624. The number of rotatable bonds is 2. The lowest BCUT2D eigenvalue weighted by Gasteiger charge is -2.36. The third-order valence-electron chi connectivity index (χ3n) is 6.08. The zero-order valence-electron chi connectivity index (χ0n) is 12.4. The topological polar surface area (TPSA) is 52.8 Å². The van der Waals surface area contributed by atoms with Gasteiger partial charge in [-0.25, -0.2) is 0 Å². The highest BCUT2D eigenvalue weighted by molar-refractivity contribution is 5.83. The standard InChI is InChI=1S/C17H23NO2/c1-16(2)12-8-9-17(16,3)15(20)14(12)18-10-11-6-4-5-7-13(11)19/h4-7,10,12,14-15,19-20H,8-9H2,1-3H3/t12-,14-,15-,17+/m1/s1. The molecule has 108 valence electrons. The van der Waals surface area contributed by atoms with Gasteiger partial charge in [-0.1, -0.05) is 32.9 Å². The lowest BCUT2D eigenvalue weighted by Crippen LogP contribution is -2.39. The van der Waals surface area contributed by atoms with Crippen molar-refractivity contribution in [1.82, 2.24) is 0 Å². The zero-order chi connectivity index (χ0) is 14.5. The summed E-state index contributed by atoms with van der Waals surface area (Å²) in [6, 6.07) is 7.12. The van der Waals surface area contributed by atoms with E-state index in [0.29, 0.717) is 11.5 Å². The Morgan fingerprint density at radius 1 is 1.25 bits per heavy atom. The first-order chi connectivity index (χ1) is 9.38. The van der Waals surface area contributed by atoms with E-state index < -0.39 is 6.10 Å². The average molecular weight is 273 g/mol. The predicted molar refractivity (Wildman–Crippen MR) is 80.1 cm³/mol. The summed E-state index contributed by atoms with van der Waals surface area (Å²) in [5, 5.41) is 20.4. The van der Waals surface area contributed by atoms with E-state index >= 15 is 0 Å². The molecule has 1 aromatic rings. The highest BCUT2D eigenvalue weighted by Gasteiger charge is 2.65. The number of nitrogens with zero attached hydrogens (tertiary/aromatic N) is 1. The summed E-state index contributed by atoms with van der Waals surface area (Å²) in [4.78, 5) is 4.62. The number of aliphatic hydroxyl groups excluding tert-OH is 1. The molecule has 0 saturated heterocycles. The Bertz CT molecular complexity index is 552. The molecule has 0 unspecified atom stereocenters. The van der Waals surface area contributed by atoms with Gasteiger partial charge in [0.2, 0.25) is 0 Å². The van der Waals surface area contributed by atoms with Crippen LogP contribution in [0.5, 0.6) is 5.75 Å². The molecule has 0 aromatic heterocycles. The maximum atomic E-state index is 10.6. The third kappa shape index (κ3) is 1.65. The van der Waals surface area contributed by atoms with Crippen LogP contribution in [-0.4, -0.2) is 28.6 Å². The number of fused-ring (bicyclic) bond motifs is 2. The Hall–Kier alpha value is -1.35. The number of phenolic OH excluding ortho intramolecular Hbond substituents is 1. The van der Waals surface area contributed by atoms with Crippen LogP contribution in [0.4, 0.5) is 0 Å². The largest absolute Gasteiger partial charge is 0.507 e. The molecular weight excluding hydrogens is 250 g/mol. The van der Waals surface area contributed by atoms with Crippen LogP contribution >= 0.6 is 0 Å². The SMILES string of the molecule is CC1(C)[C@@H]2CC[C@@]1(C)[C@H](O)[C@@H]2N=Cc1ccccc1O. The van der Waals surface area contributed by atoms with Gasteiger partial charge in [-0.05, 0) is 36.3 Å². The minimum Gasteiger partial charge on any atom is -0.507 e. The Labute approximate surface area is 120 Å². The maximum absolute atomic E-state index is 10.6. The molecular formula is C17H23NO2. The van der Waals surface area contributed by atoms with Crippen LogP contribution in [0.2, 0.25) is 0 Å². The van der Waals surface area contributed by atoms with Gasteiger partial charge in [-0.15, -0.1) is 0 Å². The number of aliphatic imine (C=N–C) groups is 1. The summed E-state index contributed by atoms with van der Waals surface area (Å²) in [6.45, 7) is 6.69. The van der Waals surface area contributed by atoms with Crippen molar-refractivity contribution in [3.05, 3.63) is 29.8 Å². The van der Waals surface area contributed by atoms with E-state index in [4.69, 9.17) is 0 Å². The highest BCUT2D eigenvalue weighted by atomic mass is 16.3. The second-order valence-corrected chi connectivity index (χ2v) is 7.06. The van der Waals surface area contributed by atoms with Gasteiger partial charge in [-0.3, -0.25) is 4.99 Å². The van der Waals surface area contributed by atoms with Crippen LogP contribution in [0.25, 0.3) is 0 Å². The normalized spacial score (nSPS) is 38.7. The molecule has 0 amide bonds. The number of aliphatic hydroxyl groups is 1. The van der Waals surface area contributed by atoms with Gasteiger partial charge in [-0.2, -0.15) is 0 Å². The van der Waals surface area contributed by atoms with Gasteiger partial charge in [0, 0.05) is 17.2 Å². The number of hydrogen-bond donors (Lipinski definition) is 2. The highest BCUT2D eigenvalue weighted by Crippen LogP contribution is 2.66. The molecule has 0 radical (unpaired) electrons. The Morgan fingerprint density at radius 3 is 2.55 bits per heavy atom. The number of para-hydroxylation sites is 1. The van der Waals surface area contributed by atoms with Crippen LogP contribution in [0.15, 0.2) is 29.3 Å². The molecule has 2 bridgehead atoms. The maximum Gasteiger partial charge on any atom is 0.124 e. The molecule has 2 saturated carbocycles. The van der Waals surface area contributed by atoms with Crippen molar-refractivity contribution in [2.75, 3.05) is 0 Å². The van der Waals surface area contributed by atoms with Crippen molar-refractivity contribution >= 4 is 6.21 Å². The molecule has 4 atom stereocenters. The molecule has 2 fully saturated rings. The summed E-state index contributed by atoms with van der Waals surface area (Å²) in [6.07, 6.45) is 3.53. The molecule has 2 N–H and O–H groups in total. The molecule has 0 spiro atoms. The van der Waals surface area contributed by atoms with Gasteiger partial charge in [0.1, 0.15) is 5.75 Å². The molecule has 0 heterocycles. The molecule has 2 aliphatic carbocycles. The number of benzene rings is 1. The smallest absolute Gasteiger partial charge is 0.124 e. The lowest BCUT2D eigenvalue weighted by atomic mass is 9.70. The molecule has 3 rings (SSSR count). The summed E-state index contributed by atoms with van der Waals surface area (Å²) in [5.41, 5.74) is 0.788. The molecule has 20 heavy (non-hydrogen) atoms. The number of phenols is 1. The molecule has 3 nitrogen and oxygen atoms in total. The molecule has 2 aliphatic rings. The fourth-order valence-electron chi connectivity index (χ4n) is 4.23. The fourth-order valence-corrected chi connectivity index (χ4v) is 4.23. The molecule has 1 aromatic carbocycles. The van der Waals surface area contributed by atoms with E-state index in [0.717, 1.165) is 12.8 Å². The zero-order valence-corrected chi connectivity index (χ0v) is 12.4. The first-order valence-corrected chi connectivity index (χ1v) is 7.37. The first-order valence-electron chi connectivity index (χ1n) is 7.37. The monoisotopic (exact) mass is 273 g/mol. The number of aromatic hydroxyl groups is 1. The summed E-state index contributed by atoms with van der Waals surface area (Å²) < 4.78 is 0. The predicted octanol–water partition coefficient (Wildman–Crippen LogP) is 3.00. The quantitative estimate of drug-likeness (QED) is 0.814. The van der Waals surface area contributed by atoms with Crippen molar-refractivity contribution in [1.29, 1.82) is 0 Å². The second-order valence-electron chi connectivity index (χ2n) is 7.06.